The summed E-state index contributed by atoms with van der Waals surface area (Å²) in [6, 6.07) is 106. The Hall–Kier alpha value is -15.0. The van der Waals surface area contributed by atoms with Crippen LogP contribution in [-0.2, 0) is 0 Å². The number of fused-ring (bicyclic) bond motifs is 7. The summed E-state index contributed by atoms with van der Waals surface area (Å²) in [6.07, 6.45) is 11.0. The summed E-state index contributed by atoms with van der Waals surface area (Å²) in [4.78, 5) is 64.3. The first kappa shape index (κ1) is 62.8. The molecule has 13 nitrogen and oxygen atoms in total. The molecule has 0 aliphatic rings. The van der Waals surface area contributed by atoms with Crippen LogP contribution in [0, 0.1) is 0 Å². The lowest BCUT2D eigenvalue weighted by atomic mass is 9.98. The largest absolute Gasteiger partial charge is 0.255 e. The van der Waals surface area contributed by atoms with Gasteiger partial charge in [-0.05, 0) is 208 Å². The Labute approximate surface area is 619 Å². The van der Waals surface area contributed by atoms with E-state index in [1.807, 2.05) is 110 Å². The Morgan fingerprint density at radius 1 is 0.139 bits per heavy atom. The first-order valence-corrected chi connectivity index (χ1v) is 35.6. The van der Waals surface area contributed by atoms with Crippen molar-refractivity contribution in [3.05, 3.63) is 347 Å². The molecule has 13 heterocycles. The van der Waals surface area contributed by atoms with Gasteiger partial charge in [0.2, 0.25) is 0 Å². The van der Waals surface area contributed by atoms with Gasteiger partial charge in [-0.3, -0.25) is 29.9 Å². The summed E-state index contributed by atoms with van der Waals surface area (Å²) in [5.74, 6) is 0. The fourth-order valence-electron chi connectivity index (χ4n) is 14.3. The Kier molecular flexibility index (Phi) is 15.5. The van der Waals surface area contributed by atoms with Crippen molar-refractivity contribution in [2.75, 3.05) is 0 Å². The molecular formula is C95H57N13. The summed E-state index contributed by atoms with van der Waals surface area (Å²) in [5, 5.41) is 6.34. The molecule has 7 aromatic carbocycles. The summed E-state index contributed by atoms with van der Waals surface area (Å²) in [5.41, 5.74) is 28.7. The summed E-state index contributed by atoms with van der Waals surface area (Å²) >= 11 is 0. The Morgan fingerprint density at radius 2 is 0.481 bits per heavy atom. The molecule has 20 rings (SSSR count). The number of hydrogen-bond acceptors (Lipinski definition) is 13. The van der Waals surface area contributed by atoms with E-state index in [2.05, 4.69) is 228 Å². The van der Waals surface area contributed by atoms with Gasteiger partial charge in [-0.2, -0.15) is 0 Å². The molecule has 0 aliphatic heterocycles. The van der Waals surface area contributed by atoms with Crippen LogP contribution in [-0.4, -0.2) is 64.8 Å². The van der Waals surface area contributed by atoms with Gasteiger partial charge in [0.25, 0.3) is 0 Å². The van der Waals surface area contributed by atoms with E-state index in [4.69, 9.17) is 54.8 Å². The summed E-state index contributed by atoms with van der Waals surface area (Å²) in [7, 11) is 0. The van der Waals surface area contributed by atoms with Crippen LogP contribution in [0.5, 0.6) is 0 Å². The van der Waals surface area contributed by atoms with Crippen molar-refractivity contribution < 1.29 is 0 Å². The molecule has 0 unspecified atom stereocenters. The molecule has 502 valence electrons. The van der Waals surface area contributed by atoms with E-state index in [0.29, 0.717) is 5.69 Å². The number of aromatic nitrogens is 13. The van der Waals surface area contributed by atoms with Crippen molar-refractivity contribution in [3.63, 3.8) is 0 Å². The lowest BCUT2D eigenvalue weighted by Gasteiger charge is -2.12. The SMILES string of the molecule is c1ccc(-c2cc(-c3ccc(-c4ccc5cc(-c6ccc7nc(-c8ccccn8)ccc7c6)ccc5n4)cc3)cc(-c3ccc(-c4ccc(-c5cc(-c6cccc(-c7ccc8cc(-c9ccc%10nc(-c%11ccc%12ccc%13cccnc%13c%12n%11)ccc%10c9)ccc8n7)c6)cc(-c6ccccn6)n5)nc4)cn3)n2)nc1. The van der Waals surface area contributed by atoms with Crippen LogP contribution in [0.1, 0.15) is 0 Å². The fraction of sp³-hybridized carbons (Fsp3) is 0. The average molecular weight is 1380 g/mol. The van der Waals surface area contributed by atoms with Crippen molar-refractivity contribution in [1.82, 2.24) is 64.8 Å². The third-order valence-electron chi connectivity index (χ3n) is 19.9. The smallest absolute Gasteiger partial charge is 0.0972 e. The van der Waals surface area contributed by atoms with Gasteiger partial charge >= 0.3 is 0 Å². The maximum atomic E-state index is 5.22. The van der Waals surface area contributed by atoms with E-state index in [0.717, 1.165) is 206 Å². The van der Waals surface area contributed by atoms with Gasteiger partial charge in [-0.25, -0.2) is 34.9 Å². The number of rotatable bonds is 13. The molecule has 0 amide bonds. The first-order chi connectivity index (χ1) is 53.4. The van der Waals surface area contributed by atoms with Gasteiger partial charge in [0.1, 0.15) is 0 Å². The minimum absolute atomic E-state index is 0.716. The molecule has 0 spiro atoms. The van der Waals surface area contributed by atoms with Crippen molar-refractivity contribution in [2.45, 2.75) is 0 Å². The number of hydrogen-bond donors (Lipinski definition) is 0. The number of benzene rings is 7. The van der Waals surface area contributed by atoms with E-state index in [-0.39, 0.29) is 0 Å². The average Bonchev–Trinajstić information content (AvgIpc) is 0.790. The standard InChI is InChI=1S/C95H57N13/c1-4-43-96-82(12-1)87-41-28-70-50-65(24-34-80(70)104-87)63-22-32-78-68(48-63)26-36-76(102-78)59-17-15-58(16-18-59)74-52-90(83-13-2-5-44-97-83)106-92(53-74)85-38-30-72(56-100-85)73-31-39-86(101-57-73)93-55-75(54-91(107-93)84-14-3-6-45-98-84)62-9-7-10-67(47-62)77-37-27-69-49-64(23-33-79(69)103-77)66-25-35-81-71(51-66)29-42-88(105-81)89-40-21-61-20-19-60-11-8-46-99-94(60)95(61)108-89/h1-57H. The number of nitrogens with zero attached hydrogens (tertiary/aromatic N) is 13. The zero-order valence-corrected chi connectivity index (χ0v) is 57.7. The van der Waals surface area contributed by atoms with E-state index < -0.39 is 0 Å². The molecule has 0 fully saturated rings. The summed E-state index contributed by atoms with van der Waals surface area (Å²) < 4.78 is 0. The van der Waals surface area contributed by atoms with Crippen molar-refractivity contribution in [3.8, 4) is 146 Å². The highest BCUT2D eigenvalue weighted by Gasteiger charge is 2.18. The highest BCUT2D eigenvalue weighted by molar-refractivity contribution is 6.03. The predicted molar refractivity (Wildman–Crippen MR) is 433 cm³/mol. The monoisotopic (exact) mass is 1380 g/mol. The van der Waals surface area contributed by atoms with Crippen LogP contribution < -0.4 is 0 Å². The third-order valence-corrected chi connectivity index (χ3v) is 19.9. The van der Waals surface area contributed by atoms with E-state index >= 15 is 0 Å². The zero-order valence-electron chi connectivity index (χ0n) is 57.7. The molecule has 108 heavy (non-hydrogen) atoms. The van der Waals surface area contributed by atoms with E-state index in [1.165, 1.54) is 0 Å². The predicted octanol–water partition coefficient (Wildman–Crippen LogP) is 22.4. The zero-order chi connectivity index (χ0) is 71.4. The van der Waals surface area contributed by atoms with Crippen LogP contribution >= 0.6 is 0 Å². The lowest BCUT2D eigenvalue weighted by molar-refractivity contribution is 1.21. The molecule has 20 aromatic rings. The topological polar surface area (TPSA) is 168 Å². The van der Waals surface area contributed by atoms with Gasteiger partial charge in [0.05, 0.1) is 113 Å². The van der Waals surface area contributed by atoms with Gasteiger partial charge in [0, 0.05) is 91.8 Å². The summed E-state index contributed by atoms with van der Waals surface area (Å²) in [6.45, 7) is 0. The van der Waals surface area contributed by atoms with Gasteiger partial charge in [-0.15, -0.1) is 0 Å². The highest BCUT2D eigenvalue weighted by Crippen LogP contribution is 2.38. The molecule has 0 N–H and O–H groups in total. The maximum Gasteiger partial charge on any atom is 0.0972 e. The number of pyridine rings is 13. The molecular weight excluding hydrogens is 1320 g/mol. The fourth-order valence-corrected chi connectivity index (χ4v) is 14.3. The van der Waals surface area contributed by atoms with Crippen LogP contribution in [0.3, 0.4) is 0 Å². The minimum atomic E-state index is 0.716. The Bertz CT molecular complexity index is 6900. The van der Waals surface area contributed by atoms with Crippen LogP contribution in [0.2, 0.25) is 0 Å². The van der Waals surface area contributed by atoms with Crippen LogP contribution in [0.15, 0.2) is 347 Å². The van der Waals surface area contributed by atoms with E-state index in [9.17, 15) is 0 Å². The van der Waals surface area contributed by atoms with Gasteiger partial charge in [0.15, 0.2) is 0 Å². The lowest BCUT2D eigenvalue weighted by Crippen LogP contribution is -1.95. The highest BCUT2D eigenvalue weighted by atomic mass is 14.8. The minimum Gasteiger partial charge on any atom is -0.255 e. The van der Waals surface area contributed by atoms with Crippen molar-refractivity contribution in [2.24, 2.45) is 0 Å². The third kappa shape index (κ3) is 12.2. The maximum absolute atomic E-state index is 5.22. The second-order valence-electron chi connectivity index (χ2n) is 26.7. The molecule has 13 heteroatoms. The van der Waals surface area contributed by atoms with Gasteiger partial charge in [-0.1, -0.05) is 146 Å². The van der Waals surface area contributed by atoms with Crippen molar-refractivity contribution >= 4 is 65.4 Å². The Balaban J connectivity index is 0.536. The molecule has 13 aromatic heterocycles. The molecule has 0 saturated carbocycles. The normalized spacial score (nSPS) is 11.5. The molecule has 0 aliphatic carbocycles. The van der Waals surface area contributed by atoms with Crippen LogP contribution in [0.4, 0.5) is 0 Å². The van der Waals surface area contributed by atoms with Crippen LogP contribution in [0.25, 0.3) is 212 Å². The Morgan fingerprint density at radius 3 is 0.954 bits per heavy atom. The van der Waals surface area contributed by atoms with Gasteiger partial charge < -0.3 is 0 Å². The van der Waals surface area contributed by atoms with E-state index in [1.54, 1.807) is 18.6 Å². The molecule has 0 saturated heterocycles. The quantitative estimate of drug-likeness (QED) is 0.100. The first-order valence-electron chi connectivity index (χ1n) is 35.6. The second kappa shape index (κ2) is 26.7. The molecule has 0 radical (unpaired) electrons. The molecule has 0 atom stereocenters. The second-order valence-corrected chi connectivity index (χ2v) is 26.7. The van der Waals surface area contributed by atoms with Crippen molar-refractivity contribution in [1.29, 1.82) is 0 Å². The molecule has 0 bridgehead atoms.